The molecule has 4 amide bonds. The Morgan fingerprint density at radius 1 is 0.662 bits per heavy atom. The van der Waals surface area contributed by atoms with Crippen LogP contribution in [0, 0.1) is 11.8 Å². The second-order valence-electron chi connectivity index (χ2n) is 19.8. The van der Waals surface area contributed by atoms with Gasteiger partial charge in [0.25, 0.3) is 0 Å². The highest BCUT2D eigenvalue weighted by Crippen LogP contribution is 2.48. The fourth-order valence-corrected chi connectivity index (χ4v) is 10.9. The van der Waals surface area contributed by atoms with E-state index in [2.05, 4.69) is 93.0 Å². The van der Waals surface area contributed by atoms with Crippen LogP contribution in [0.1, 0.15) is 137 Å². The van der Waals surface area contributed by atoms with Crippen molar-refractivity contribution < 1.29 is 29.0 Å². The summed E-state index contributed by atoms with van der Waals surface area (Å²) >= 11 is 0. The van der Waals surface area contributed by atoms with E-state index >= 15 is 0 Å². The van der Waals surface area contributed by atoms with Crippen molar-refractivity contribution >= 4 is 29.7 Å². The van der Waals surface area contributed by atoms with Crippen molar-refractivity contribution in [2.75, 3.05) is 32.1 Å². The van der Waals surface area contributed by atoms with E-state index in [-0.39, 0.29) is 47.8 Å². The van der Waals surface area contributed by atoms with E-state index < -0.39 is 24.3 Å². The number of methoxy groups -OCH3 is 1. The number of benzene rings is 3. The lowest BCUT2D eigenvalue weighted by Gasteiger charge is -2.33. The summed E-state index contributed by atoms with van der Waals surface area (Å²) < 4.78 is 4.81. The van der Waals surface area contributed by atoms with Crippen LogP contribution in [0.5, 0.6) is 0 Å². The minimum atomic E-state index is -1.12. The fraction of sp³-hybridized carbons (Fsp3) is 0.472. The maximum absolute atomic E-state index is 13.8. The quantitative estimate of drug-likeness (QED) is 0.0844. The third kappa shape index (κ3) is 9.31. The molecule has 68 heavy (non-hydrogen) atoms. The van der Waals surface area contributed by atoms with Crippen LogP contribution in [-0.2, 0) is 14.3 Å². The van der Waals surface area contributed by atoms with Crippen LogP contribution in [0.25, 0.3) is 22.5 Å². The zero-order valence-electron chi connectivity index (χ0n) is 40.0. The maximum atomic E-state index is 13.8. The highest BCUT2D eigenvalue weighted by atomic mass is 16.5. The van der Waals surface area contributed by atoms with Gasteiger partial charge in [-0.15, -0.1) is 0 Å². The molecule has 6 atom stereocenters. The van der Waals surface area contributed by atoms with E-state index in [1.165, 1.54) is 49.4 Å². The molecule has 1 aliphatic carbocycles. The third-order valence-electron chi connectivity index (χ3n) is 14.7. The van der Waals surface area contributed by atoms with E-state index in [0.717, 1.165) is 71.8 Å². The molecule has 3 aromatic carbocycles. The van der Waals surface area contributed by atoms with Crippen LogP contribution in [0.4, 0.5) is 15.3 Å². The molecule has 4 N–H and O–H groups in total. The summed E-state index contributed by atoms with van der Waals surface area (Å²) in [5.74, 6) is 1.52. The Bertz CT molecular complexity index is 2580. The number of amides is 4. The smallest absolute Gasteiger partial charge is 0.407 e. The molecule has 3 aliphatic heterocycles. The number of carbonyl (C=O) groups is 4. The van der Waals surface area contributed by atoms with Crippen molar-refractivity contribution in [3.8, 4) is 22.5 Å². The van der Waals surface area contributed by atoms with Gasteiger partial charge in [-0.2, -0.15) is 0 Å². The number of hydrogen-bond acceptors (Lipinski definition) is 8. The first kappa shape index (κ1) is 46.5. The number of anilines is 1. The minimum Gasteiger partial charge on any atom is -0.465 e. The fourth-order valence-electron chi connectivity index (χ4n) is 10.9. The number of rotatable bonds is 14. The minimum absolute atomic E-state index is 0.110. The summed E-state index contributed by atoms with van der Waals surface area (Å²) in [5.41, 5.74) is 8.66. The molecule has 0 bridgehead atoms. The van der Waals surface area contributed by atoms with Crippen molar-refractivity contribution in [2.45, 2.75) is 121 Å². The van der Waals surface area contributed by atoms with E-state index in [4.69, 9.17) is 14.7 Å². The molecule has 1 saturated carbocycles. The summed E-state index contributed by atoms with van der Waals surface area (Å²) in [4.78, 5) is 75.6. The van der Waals surface area contributed by atoms with Crippen LogP contribution in [0.15, 0.2) is 85.2 Å². The topological polar surface area (TPSA) is 180 Å². The van der Waals surface area contributed by atoms with E-state index in [9.17, 15) is 24.3 Å². The molecule has 15 heteroatoms. The maximum Gasteiger partial charge on any atom is 0.407 e. The molecule has 0 unspecified atom stereocenters. The Morgan fingerprint density at radius 3 is 1.59 bits per heavy atom. The average molecular weight is 924 g/mol. The molecule has 4 fully saturated rings. The highest BCUT2D eigenvalue weighted by Gasteiger charge is 2.41. The Morgan fingerprint density at radius 2 is 1.15 bits per heavy atom. The Hall–Kier alpha value is -6.64. The van der Waals surface area contributed by atoms with E-state index in [1.54, 1.807) is 4.90 Å². The standard InChI is InChI=1S/C53H65N9O6/c1-31(2)46(58-52(65)68-6)50(63)60-27-7-9-44(60)48-54-29-40(56-48)35-13-17-37(18-14-35)42-25-26-43(62(42)39-23-21-34(22-24-39)33-11-12-33)38-19-15-36(16-20-38)41-30-55-49(57-41)45-10-8-28-61(45)51(64)47(32(3)4)59(5)53(66)67/h13-24,29-33,42-47H,7-12,25-28H2,1-6H3,(H,54,56)(H,55,57)(H,58,65)(H,66,67)/t42-,43-,44-,45-,46-,47-/m0/s1. The summed E-state index contributed by atoms with van der Waals surface area (Å²) in [6, 6.07) is 25.0. The molecule has 4 aliphatic rings. The monoisotopic (exact) mass is 924 g/mol. The largest absolute Gasteiger partial charge is 0.465 e. The Kier molecular flexibility index (Phi) is 13.3. The van der Waals surface area contributed by atoms with Crippen LogP contribution >= 0.6 is 0 Å². The van der Waals surface area contributed by atoms with Gasteiger partial charge in [-0.25, -0.2) is 19.6 Å². The molecule has 3 saturated heterocycles. The first-order valence-corrected chi connectivity index (χ1v) is 24.4. The van der Waals surface area contributed by atoms with Crippen LogP contribution in [0.3, 0.4) is 0 Å². The number of aromatic nitrogens is 4. The molecule has 9 rings (SSSR count). The first-order valence-electron chi connectivity index (χ1n) is 24.4. The van der Waals surface area contributed by atoms with Gasteiger partial charge in [0.1, 0.15) is 23.7 Å². The predicted octanol–water partition coefficient (Wildman–Crippen LogP) is 9.77. The molecule has 358 valence electrons. The number of carboxylic acid groups (broad SMARTS) is 1. The SMILES string of the molecule is COC(=O)N[C@H](C(=O)N1CCC[C@H]1c1nc(-c2ccc([C@@H]3CC[C@@H](c4ccc(-c5c[nH]c([C@@H]6CCCN6C(=O)[C@H](C(C)C)N(C)C(=O)O)n5)cc4)N3c3ccc(C4CC4)cc3)cc2)c[nH]1)C(C)C. The molecule has 2 aromatic heterocycles. The zero-order valence-corrected chi connectivity index (χ0v) is 40.0. The number of alkyl carbamates (subject to hydrolysis) is 1. The van der Waals surface area contributed by atoms with Gasteiger partial charge >= 0.3 is 12.2 Å². The van der Waals surface area contributed by atoms with E-state index in [1.807, 2.05) is 45.0 Å². The van der Waals surface area contributed by atoms with Gasteiger partial charge in [0, 0.05) is 49.3 Å². The van der Waals surface area contributed by atoms with Gasteiger partial charge in [0.15, 0.2) is 0 Å². The molecule has 0 radical (unpaired) electrons. The predicted molar refractivity (Wildman–Crippen MR) is 260 cm³/mol. The van der Waals surface area contributed by atoms with Crippen molar-refractivity contribution in [1.29, 1.82) is 0 Å². The average Bonchev–Trinajstić information content (AvgIpc) is 3.96. The highest BCUT2D eigenvalue weighted by molar-refractivity contribution is 5.87. The van der Waals surface area contributed by atoms with Gasteiger partial charge in [-0.1, -0.05) is 88.4 Å². The molecule has 0 spiro atoms. The lowest BCUT2D eigenvalue weighted by molar-refractivity contribution is -0.138. The van der Waals surface area contributed by atoms with Gasteiger partial charge in [0.05, 0.1) is 42.7 Å². The summed E-state index contributed by atoms with van der Waals surface area (Å²) in [6.45, 7) is 8.74. The molecule has 5 aromatic rings. The number of H-pyrrole nitrogens is 2. The second kappa shape index (κ2) is 19.5. The second-order valence-corrected chi connectivity index (χ2v) is 19.8. The van der Waals surface area contributed by atoms with Gasteiger partial charge in [0.2, 0.25) is 11.8 Å². The van der Waals surface area contributed by atoms with Crippen LogP contribution in [-0.4, -0.2) is 103 Å². The third-order valence-corrected chi connectivity index (χ3v) is 14.7. The number of hydrogen-bond donors (Lipinski definition) is 4. The number of likely N-dealkylation sites (N-methyl/N-ethyl adjacent to an activating group) is 1. The molecular formula is C53H65N9O6. The van der Waals surface area contributed by atoms with Gasteiger partial charge in [-0.3, -0.25) is 14.5 Å². The normalized spacial score (nSPS) is 21.4. The molecular weight excluding hydrogens is 859 g/mol. The number of ether oxygens (including phenoxy) is 1. The number of carbonyl (C=O) groups excluding carboxylic acids is 3. The lowest BCUT2D eigenvalue weighted by atomic mass is 10.0. The zero-order chi connectivity index (χ0) is 47.8. The van der Waals surface area contributed by atoms with E-state index in [0.29, 0.717) is 24.8 Å². The van der Waals surface area contributed by atoms with Crippen LogP contribution < -0.4 is 10.2 Å². The number of likely N-dealkylation sites (tertiary alicyclic amines) is 2. The van der Waals surface area contributed by atoms with Gasteiger partial charge < -0.3 is 39.8 Å². The summed E-state index contributed by atoms with van der Waals surface area (Å²) in [5, 5.41) is 12.4. The van der Waals surface area contributed by atoms with Crippen molar-refractivity contribution in [3.05, 3.63) is 114 Å². The Balaban J connectivity index is 0.919. The van der Waals surface area contributed by atoms with Crippen molar-refractivity contribution in [2.24, 2.45) is 11.8 Å². The lowest BCUT2D eigenvalue weighted by Crippen LogP contribution is -2.51. The first-order chi connectivity index (χ1) is 32.8. The number of aromatic amines is 2. The number of nitrogens with one attached hydrogen (secondary N) is 3. The summed E-state index contributed by atoms with van der Waals surface area (Å²) in [6.07, 6.45) is 9.77. The summed E-state index contributed by atoms with van der Waals surface area (Å²) in [7, 11) is 2.77. The molecule has 5 heterocycles. The van der Waals surface area contributed by atoms with Crippen molar-refractivity contribution in [1.82, 2.24) is 40.0 Å². The number of nitrogens with zero attached hydrogens (tertiary/aromatic N) is 6. The van der Waals surface area contributed by atoms with Crippen LogP contribution in [0.2, 0.25) is 0 Å². The Labute approximate surface area is 398 Å². The molecule has 15 nitrogen and oxygen atoms in total. The number of imidazole rings is 2. The van der Waals surface area contributed by atoms with Gasteiger partial charge in [-0.05, 0) is 97.9 Å². The van der Waals surface area contributed by atoms with Crippen molar-refractivity contribution in [3.63, 3.8) is 0 Å².